The van der Waals surface area contributed by atoms with E-state index in [-0.39, 0.29) is 22.1 Å². The first kappa shape index (κ1) is 22.3. The fraction of sp³-hybridized carbons (Fsp3) is 0.130. The molecule has 158 valence electrons. The van der Waals surface area contributed by atoms with Crippen LogP contribution in [0.1, 0.15) is 21.5 Å². The highest BCUT2D eigenvalue weighted by molar-refractivity contribution is 7.90. The second-order valence-electron chi connectivity index (χ2n) is 6.80. The molecule has 1 amide bonds. The summed E-state index contributed by atoms with van der Waals surface area (Å²) < 4.78 is 29.5. The molecule has 0 spiro atoms. The lowest BCUT2D eigenvalue weighted by molar-refractivity contribution is 0.102. The number of nitriles is 1. The second kappa shape index (κ2) is 9.65. The number of amides is 1. The van der Waals surface area contributed by atoms with Crippen LogP contribution in [-0.2, 0) is 22.9 Å². The molecule has 0 saturated heterocycles. The third-order valence-electron chi connectivity index (χ3n) is 4.46. The van der Waals surface area contributed by atoms with Crippen molar-refractivity contribution in [2.75, 3.05) is 11.6 Å². The Kier molecular flexibility index (Phi) is 6.95. The summed E-state index contributed by atoms with van der Waals surface area (Å²) in [7, 11) is -3.57. The molecule has 0 aliphatic rings. The van der Waals surface area contributed by atoms with Gasteiger partial charge < -0.3 is 10.1 Å². The molecule has 0 radical (unpaired) electrons. The van der Waals surface area contributed by atoms with Crippen molar-refractivity contribution in [2.45, 2.75) is 17.9 Å². The minimum atomic E-state index is -3.57. The van der Waals surface area contributed by atoms with E-state index in [4.69, 9.17) is 21.6 Å². The maximum absolute atomic E-state index is 12.7. The first-order valence-corrected chi connectivity index (χ1v) is 11.5. The van der Waals surface area contributed by atoms with E-state index in [1.807, 2.05) is 24.3 Å². The van der Waals surface area contributed by atoms with Gasteiger partial charge in [0.05, 0.1) is 22.4 Å². The second-order valence-corrected chi connectivity index (χ2v) is 9.19. The molecule has 0 heterocycles. The minimum absolute atomic E-state index is 0.0636. The Morgan fingerprint density at radius 2 is 1.81 bits per heavy atom. The van der Waals surface area contributed by atoms with E-state index >= 15 is 0 Å². The van der Waals surface area contributed by atoms with E-state index in [9.17, 15) is 13.2 Å². The highest BCUT2D eigenvalue weighted by Gasteiger charge is 2.16. The summed E-state index contributed by atoms with van der Waals surface area (Å²) in [5.74, 6) is 0.174. The van der Waals surface area contributed by atoms with Crippen LogP contribution in [0, 0.1) is 11.3 Å². The number of anilines is 1. The van der Waals surface area contributed by atoms with Gasteiger partial charge in [-0.25, -0.2) is 8.42 Å². The summed E-state index contributed by atoms with van der Waals surface area (Å²) >= 11 is 5.95. The lowest BCUT2D eigenvalue weighted by Gasteiger charge is -2.13. The van der Waals surface area contributed by atoms with Gasteiger partial charge in [-0.2, -0.15) is 5.26 Å². The Bertz CT molecular complexity index is 1250. The zero-order valence-corrected chi connectivity index (χ0v) is 18.2. The van der Waals surface area contributed by atoms with Gasteiger partial charge in [0.25, 0.3) is 5.91 Å². The zero-order valence-electron chi connectivity index (χ0n) is 16.6. The molecule has 0 aliphatic heterocycles. The number of carbonyl (C=O) groups is 1. The molecule has 0 aliphatic carbocycles. The molecule has 6 nitrogen and oxygen atoms in total. The topological polar surface area (TPSA) is 96.3 Å². The number of carbonyl (C=O) groups excluding carboxylic acids is 1. The number of ether oxygens (including phenoxy) is 1. The highest BCUT2D eigenvalue weighted by Crippen LogP contribution is 2.24. The van der Waals surface area contributed by atoms with E-state index in [1.54, 1.807) is 24.3 Å². The van der Waals surface area contributed by atoms with Gasteiger partial charge in [0.2, 0.25) is 0 Å². The number of hydrogen-bond donors (Lipinski definition) is 1. The quantitative estimate of drug-likeness (QED) is 0.561. The third kappa shape index (κ3) is 5.85. The number of nitrogens with zero attached hydrogens (tertiary/aromatic N) is 1. The Labute approximate surface area is 186 Å². The minimum Gasteiger partial charge on any atom is -0.489 e. The molecule has 3 rings (SSSR count). The average molecular weight is 455 g/mol. The lowest BCUT2D eigenvalue weighted by atomic mass is 10.1. The molecule has 0 unspecified atom stereocenters. The molecular weight excluding hydrogens is 436 g/mol. The zero-order chi connectivity index (χ0) is 22.4. The van der Waals surface area contributed by atoms with Gasteiger partial charge in [0, 0.05) is 23.1 Å². The van der Waals surface area contributed by atoms with Crippen LogP contribution in [-0.4, -0.2) is 20.6 Å². The van der Waals surface area contributed by atoms with Crippen molar-refractivity contribution in [3.05, 3.63) is 88.4 Å². The number of hydrogen-bond acceptors (Lipinski definition) is 5. The molecule has 0 fully saturated rings. The van der Waals surface area contributed by atoms with Crippen molar-refractivity contribution in [3.63, 3.8) is 0 Å². The molecular formula is C23H19ClN2O4S. The number of rotatable bonds is 7. The van der Waals surface area contributed by atoms with Crippen LogP contribution in [0.25, 0.3) is 0 Å². The van der Waals surface area contributed by atoms with Crippen molar-refractivity contribution in [1.82, 2.24) is 0 Å². The third-order valence-corrected chi connectivity index (χ3v) is 6.04. The van der Waals surface area contributed by atoms with Crippen molar-refractivity contribution < 1.29 is 17.9 Å². The molecule has 1 N–H and O–H groups in total. The largest absolute Gasteiger partial charge is 0.489 e. The molecule has 3 aromatic carbocycles. The van der Waals surface area contributed by atoms with Crippen LogP contribution in [0.2, 0.25) is 5.02 Å². The maximum atomic E-state index is 12.7. The van der Waals surface area contributed by atoms with Crippen molar-refractivity contribution in [3.8, 4) is 11.8 Å². The van der Waals surface area contributed by atoms with Crippen LogP contribution in [0.15, 0.2) is 71.6 Å². The molecule has 0 saturated carbocycles. The smallest absolute Gasteiger partial charge is 0.255 e. The van der Waals surface area contributed by atoms with E-state index in [2.05, 4.69) is 11.4 Å². The predicted octanol–water partition coefficient (Wildman–Crippen LogP) is 4.64. The van der Waals surface area contributed by atoms with Gasteiger partial charge in [-0.15, -0.1) is 0 Å². The van der Waals surface area contributed by atoms with E-state index in [0.717, 1.165) is 17.4 Å². The van der Waals surface area contributed by atoms with Crippen LogP contribution >= 0.6 is 11.6 Å². The SMILES string of the molecule is CS(=O)(=O)c1cc(C(=O)Nc2ccccc2COc2ccc(CC#N)cc2)ccc1Cl. The highest BCUT2D eigenvalue weighted by atomic mass is 35.5. The average Bonchev–Trinajstić information content (AvgIpc) is 2.74. The number of benzene rings is 3. The van der Waals surface area contributed by atoms with Crippen molar-refractivity contribution in [1.29, 1.82) is 5.26 Å². The van der Waals surface area contributed by atoms with Gasteiger partial charge >= 0.3 is 0 Å². The maximum Gasteiger partial charge on any atom is 0.255 e. The predicted molar refractivity (Wildman–Crippen MR) is 119 cm³/mol. The van der Waals surface area contributed by atoms with Gasteiger partial charge in [-0.1, -0.05) is 41.9 Å². The Morgan fingerprint density at radius 3 is 2.48 bits per heavy atom. The number of nitrogens with one attached hydrogen (secondary N) is 1. The number of halogens is 1. The van der Waals surface area contributed by atoms with Gasteiger partial charge in [-0.05, 0) is 42.0 Å². The molecule has 31 heavy (non-hydrogen) atoms. The van der Waals surface area contributed by atoms with Crippen LogP contribution < -0.4 is 10.1 Å². The summed E-state index contributed by atoms with van der Waals surface area (Å²) in [5.41, 5.74) is 2.37. The summed E-state index contributed by atoms with van der Waals surface area (Å²) in [6.45, 7) is 0.212. The molecule has 0 atom stereocenters. The lowest BCUT2D eigenvalue weighted by Crippen LogP contribution is -2.14. The summed E-state index contributed by atoms with van der Waals surface area (Å²) in [4.78, 5) is 12.6. The summed E-state index contributed by atoms with van der Waals surface area (Å²) in [6, 6.07) is 20.6. The van der Waals surface area contributed by atoms with Crippen LogP contribution in [0.4, 0.5) is 5.69 Å². The van der Waals surface area contributed by atoms with Crippen molar-refractivity contribution in [2.24, 2.45) is 0 Å². The Morgan fingerprint density at radius 1 is 1.10 bits per heavy atom. The van der Waals surface area contributed by atoms with Crippen LogP contribution in [0.5, 0.6) is 5.75 Å². The number of sulfone groups is 1. The Hall–Kier alpha value is -3.34. The first-order chi connectivity index (χ1) is 14.8. The van der Waals surface area contributed by atoms with Gasteiger partial charge in [0.15, 0.2) is 9.84 Å². The van der Waals surface area contributed by atoms with E-state index in [1.165, 1.54) is 18.2 Å². The molecule has 3 aromatic rings. The van der Waals surface area contributed by atoms with E-state index < -0.39 is 15.7 Å². The Balaban J connectivity index is 1.75. The normalized spacial score (nSPS) is 10.9. The number of para-hydroxylation sites is 1. The fourth-order valence-electron chi connectivity index (χ4n) is 2.85. The molecule has 0 aromatic heterocycles. The van der Waals surface area contributed by atoms with Crippen molar-refractivity contribution >= 4 is 33.0 Å². The van der Waals surface area contributed by atoms with E-state index in [0.29, 0.717) is 17.9 Å². The van der Waals surface area contributed by atoms with Crippen LogP contribution in [0.3, 0.4) is 0 Å². The fourth-order valence-corrected chi connectivity index (χ4v) is 4.15. The van der Waals surface area contributed by atoms with Gasteiger partial charge in [0.1, 0.15) is 12.4 Å². The first-order valence-electron chi connectivity index (χ1n) is 9.25. The standard InChI is InChI=1S/C23H19ClN2O4S/c1-31(28,29)22-14-17(8-11-20(22)24)23(27)26-21-5-3-2-4-18(21)15-30-19-9-6-16(7-10-19)12-13-25/h2-11,14H,12,15H2,1H3,(H,26,27). The monoisotopic (exact) mass is 454 g/mol. The van der Waals surface area contributed by atoms with Gasteiger partial charge in [-0.3, -0.25) is 4.79 Å². The summed E-state index contributed by atoms with van der Waals surface area (Å²) in [5, 5.41) is 11.6. The summed E-state index contributed by atoms with van der Waals surface area (Å²) in [6.07, 6.45) is 1.37. The molecule has 8 heteroatoms. The molecule has 0 bridgehead atoms.